The summed E-state index contributed by atoms with van der Waals surface area (Å²) in [5.74, 6) is -0.372. The van der Waals surface area contributed by atoms with Gasteiger partial charge in [-0.25, -0.2) is 4.39 Å². The molecular formula is C11H6Br3FOS. The van der Waals surface area contributed by atoms with Crippen molar-refractivity contribution in [2.24, 2.45) is 0 Å². The number of aliphatic hydroxyl groups is 1. The predicted molar refractivity (Wildman–Crippen MR) is 77.9 cm³/mol. The van der Waals surface area contributed by atoms with Gasteiger partial charge in [-0.05, 0) is 61.7 Å². The van der Waals surface area contributed by atoms with E-state index in [0.717, 1.165) is 13.1 Å². The van der Waals surface area contributed by atoms with E-state index in [9.17, 15) is 9.50 Å². The van der Waals surface area contributed by atoms with Crippen LogP contribution in [0.2, 0.25) is 0 Å². The van der Waals surface area contributed by atoms with Crippen LogP contribution >= 0.6 is 59.1 Å². The molecule has 2 rings (SSSR count). The second kappa shape index (κ2) is 5.48. The fourth-order valence-electron chi connectivity index (χ4n) is 1.40. The van der Waals surface area contributed by atoms with E-state index in [1.54, 1.807) is 6.07 Å². The van der Waals surface area contributed by atoms with Crippen molar-refractivity contribution in [3.8, 4) is 0 Å². The van der Waals surface area contributed by atoms with Crippen LogP contribution in [-0.2, 0) is 0 Å². The van der Waals surface area contributed by atoms with Crippen LogP contribution in [0.1, 0.15) is 16.5 Å². The number of hydrogen-bond donors (Lipinski definition) is 1. The van der Waals surface area contributed by atoms with E-state index in [1.165, 1.54) is 23.5 Å². The molecule has 1 unspecified atom stereocenters. The van der Waals surface area contributed by atoms with Crippen LogP contribution in [-0.4, -0.2) is 5.11 Å². The Bertz CT molecular complexity index is 516. The highest BCUT2D eigenvalue weighted by atomic mass is 79.9. The fraction of sp³-hybridized carbons (Fsp3) is 0.0909. The van der Waals surface area contributed by atoms with Crippen LogP contribution in [0, 0.1) is 5.82 Å². The Morgan fingerprint density at radius 1 is 1.12 bits per heavy atom. The minimum atomic E-state index is -0.824. The smallest absolute Gasteiger partial charge is 0.124 e. The van der Waals surface area contributed by atoms with Gasteiger partial charge < -0.3 is 5.11 Å². The van der Waals surface area contributed by atoms with Gasteiger partial charge in [0.2, 0.25) is 0 Å². The van der Waals surface area contributed by atoms with Crippen LogP contribution in [0.5, 0.6) is 0 Å². The summed E-state index contributed by atoms with van der Waals surface area (Å²) in [5, 5.41) is 10.2. The van der Waals surface area contributed by atoms with Crippen LogP contribution in [0.4, 0.5) is 4.39 Å². The van der Waals surface area contributed by atoms with Crippen molar-refractivity contribution in [2.45, 2.75) is 6.10 Å². The van der Waals surface area contributed by atoms with Gasteiger partial charge in [0.15, 0.2) is 0 Å². The van der Waals surface area contributed by atoms with Gasteiger partial charge in [-0.3, -0.25) is 0 Å². The summed E-state index contributed by atoms with van der Waals surface area (Å²) < 4.78 is 15.6. The highest BCUT2D eigenvalue weighted by Crippen LogP contribution is 2.38. The molecule has 0 spiro atoms. The van der Waals surface area contributed by atoms with Crippen molar-refractivity contribution in [3.63, 3.8) is 0 Å². The van der Waals surface area contributed by atoms with Gasteiger partial charge in [-0.2, -0.15) is 0 Å². The maximum atomic E-state index is 13.2. The summed E-state index contributed by atoms with van der Waals surface area (Å²) in [5.41, 5.74) is 0.526. The van der Waals surface area contributed by atoms with Gasteiger partial charge in [-0.15, -0.1) is 11.3 Å². The van der Waals surface area contributed by atoms with Gasteiger partial charge in [0.1, 0.15) is 11.9 Å². The first kappa shape index (κ1) is 13.7. The van der Waals surface area contributed by atoms with Crippen LogP contribution in [0.15, 0.2) is 37.0 Å². The molecule has 90 valence electrons. The van der Waals surface area contributed by atoms with Gasteiger partial charge >= 0.3 is 0 Å². The van der Waals surface area contributed by atoms with E-state index in [4.69, 9.17) is 0 Å². The van der Waals surface area contributed by atoms with Crippen molar-refractivity contribution in [2.75, 3.05) is 0 Å². The molecule has 0 radical (unpaired) electrons. The Labute approximate surface area is 127 Å². The first-order valence-electron chi connectivity index (χ1n) is 4.56. The maximum absolute atomic E-state index is 13.2. The monoisotopic (exact) mass is 442 g/mol. The lowest BCUT2D eigenvalue weighted by atomic mass is 10.1. The lowest BCUT2D eigenvalue weighted by Crippen LogP contribution is -1.97. The molecule has 0 aliphatic rings. The Morgan fingerprint density at radius 2 is 1.82 bits per heavy atom. The molecule has 1 heterocycles. The minimum Gasteiger partial charge on any atom is -0.383 e. The molecule has 6 heteroatoms. The summed E-state index contributed by atoms with van der Waals surface area (Å²) in [7, 11) is 0. The Hall–Kier alpha value is 0.250. The number of aliphatic hydroxyl groups excluding tert-OH is 1. The molecule has 1 atom stereocenters. The average Bonchev–Trinajstić information content (AvgIpc) is 2.57. The van der Waals surface area contributed by atoms with Gasteiger partial charge in [0.25, 0.3) is 0 Å². The molecule has 17 heavy (non-hydrogen) atoms. The predicted octanol–water partition coefficient (Wildman–Crippen LogP) is 5.26. The molecule has 1 aromatic carbocycles. The van der Waals surface area contributed by atoms with Gasteiger partial charge in [0.05, 0.1) is 3.79 Å². The lowest BCUT2D eigenvalue weighted by Gasteiger charge is -2.09. The molecule has 1 aromatic heterocycles. The van der Waals surface area contributed by atoms with Crippen LogP contribution < -0.4 is 0 Å². The van der Waals surface area contributed by atoms with E-state index < -0.39 is 6.10 Å². The third-order valence-corrected chi connectivity index (χ3v) is 5.90. The van der Waals surface area contributed by atoms with Crippen molar-refractivity contribution in [3.05, 3.63) is 53.3 Å². The Balaban J connectivity index is 2.39. The molecule has 1 nitrogen and oxygen atoms in total. The molecule has 2 aromatic rings. The number of rotatable bonds is 2. The summed E-state index contributed by atoms with van der Waals surface area (Å²) in [6.45, 7) is 0. The van der Waals surface area contributed by atoms with Crippen molar-refractivity contribution in [1.82, 2.24) is 0 Å². The summed E-state index contributed by atoms with van der Waals surface area (Å²) >= 11 is 11.3. The summed E-state index contributed by atoms with van der Waals surface area (Å²) in [6, 6.07) is 6.21. The fourth-order valence-corrected chi connectivity index (χ4v) is 3.98. The molecule has 0 saturated carbocycles. The van der Waals surface area contributed by atoms with E-state index in [0.29, 0.717) is 10.0 Å². The highest BCUT2D eigenvalue weighted by Gasteiger charge is 2.16. The van der Waals surface area contributed by atoms with Gasteiger partial charge in [0, 0.05) is 13.8 Å². The first-order chi connectivity index (χ1) is 7.97. The third kappa shape index (κ3) is 3.17. The first-order valence-corrected chi connectivity index (χ1v) is 7.75. The van der Waals surface area contributed by atoms with E-state index in [-0.39, 0.29) is 5.82 Å². The van der Waals surface area contributed by atoms with Crippen LogP contribution in [0.25, 0.3) is 0 Å². The molecule has 1 N–H and O–H groups in total. The maximum Gasteiger partial charge on any atom is 0.124 e. The zero-order chi connectivity index (χ0) is 12.6. The molecule has 0 aliphatic carbocycles. The molecule has 0 fully saturated rings. The Morgan fingerprint density at radius 3 is 2.35 bits per heavy atom. The molecule has 0 aliphatic heterocycles. The minimum absolute atomic E-state index is 0.372. The van der Waals surface area contributed by atoms with Crippen molar-refractivity contribution < 1.29 is 9.50 Å². The summed E-state index contributed by atoms with van der Waals surface area (Å²) in [6.07, 6.45) is -0.824. The van der Waals surface area contributed by atoms with E-state index >= 15 is 0 Å². The lowest BCUT2D eigenvalue weighted by molar-refractivity contribution is 0.223. The SMILES string of the molecule is OC(c1cc(F)cc(Br)c1)c1cc(Br)c(Br)s1. The molecule has 0 bridgehead atoms. The summed E-state index contributed by atoms with van der Waals surface area (Å²) in [4.78, 5) is 0.751. The van der Waals surface area contributed by atoms with E-state index in [2.05, 4.69) is 47.8 Å². The van der Waals surface area contributed by atoms with Gasteiger partial charge in [-0.1, -0.05) is 15.9 Å². The van der Waals surface area contributed by atoms with Crippen molar-refractivity contribution in [1.29, 1.82) is 0 Å². The molecule has 0 amide bonds. The average molecular weight is 445 g/mol. The highest BCUT2D eigenvalue weighted by molar-refractivity contribution is 9.13. The topological polar surface area (TPSA) is 20.2 Å². The Kier molecular flexibility index (Phi) is 4.41. The van der Waals surface area contributed by atoms with Crippen LogP contribution in [0.3, 0.4) is 0 Å². The molecule has 0 saturated heterocycles. The largest absolute Gasteiger partial charge is 0.383 e. The van der Waals surface area contributed by atoms with E-state index in [1.807, 2.05) is 6.07 Å². The normalized spacial score (nSPS) is 12.8. The quantitative estimate of drug-likeness (QED) is 0.670. The third-order valence-electron chi connectivity index (χ3n) is 2.13. The number of halogens is 4. The molecular weight excluding hydrogens is 439 g/mol. The number of thiophene rings is 1. The number of hydrogen-bond acceptors (Lipinski definition) is 2. The second-order valence-corrected chi connectivity index (χ2v) is 7.55. The standard InChI is InChI=1S/C11H6Br3FOS/c12-6-1-5(2-7(15)3-6)10(16)9-4-8(13)11(14)17-9/h1-4,10,16H. The van der Waals surface area contributed by atoms with Crippen molar-refractivity contribution >= 4 is 59.1 Å². The second-order valence-electron chi connectivity index (χ2n) is 3.38. The zero-order valence-electron chi connectivity index (χ0n) is 8.25. The zero-order valence-corrected chi connectivity index (χ0v) is 13.8. The number of benzene rings is 1.